The Hall–Kier alpha value is -8.19. The van der Waals surface area contributed by atoms with Crippen LogP contribution < -0.4 is 30.9 Å². The predicted molar refractivity (Wildman–Crippen MR) is 251 cm³/mol. The van der Waals surface area contributed by atoms with Crippen LogP contribution >= 0.6 is 0 Å². The monoisotopic (exact) mass is 953 g/mol. The van der Waals surface area contributed by atoms with Crippen LogP contribution in [0.2, 0.25) is 0 Å². The molecule has 5 aromatic rings. The molecule has 20 nitrogen and oxygen atoms in total. The van der Waals surface area contributed by atoms with Gasteiger partial charge < -0.3 is 35.1 Å². The Kier molecular flexibility index (Phi) is 15.4. The molecule has 360 valence electrons. The number of carbonyl (C=O) groups is 6. The lowest BCUT2D eigenvalue weighted by Gasteiger charge is -2.36. The standard InChI is InChI=1S/C49H48FN11O9/c1-68-40-7-3-5-34(50)44(40)45-55-15-13-37(56-45)46(64)57-35-9-8-30(33-28-52-14-12-31(33)27-51)26-39(35)60-20-18-59(19-21-60)29-42(63)54-17-23-70-25-24-69-22-16-53-36-6-2-4-32-43(36)49(67)61(48(32)66)38-10-11-41(62)58-47(38)65/h2-9,12-15,26,28,38,53H,10-11,16-25,29H2,1H3,(H,54,63)(H,57,64)(H,58,62,65). The van der Waals surface area contributed by atoms with E-state index in [2.05, 4.69) is 47.2 Å². The topological polar surface area (TPSA) is 250 Å². The number of pyridine rings is 1. The summed E-state index contributed by atoms with van der Waals surface area (Å²) in [6.07, 6.45) is 4.64. The normalized spacial score (nSPS) is 15.8. The highest BCUT2D eigenvalue weighted by molar-refractivity contribution is 6.25. The van der Waals surface area contributed by atoms with Crippen molar-refractivity contribution in [1.29, 1.82) is 5.26 Å². The second kappa shape index (κ2) is 22.3. The molecule has 3 aromatic carbocycles. The maximum absolute atomic E-state index is 14.9. The Morgan fingerprint density at radius 1 is 0.871 bits per heavy atom. The highest BCUT2D eigenvalue weighted by atomic mass is 19.1. The van der Waals surface area contributed by atoms with Gasteiger partial charge in [-0.1, -0.05) is 18.2 Å². The number of anilines is 3. The molecule has 2 fully saturated rings. The van der Waals surface area contributed by atoms with Crippen molar-refractivity contribution in [2.24, 2.45) is 0 Å². The van der Waals surface area contributed by atoms with Crippen molar-refractivity contribution in [3.63, 3.8) is 0 Å². The summed E-state index contributed by atoms with van der Waals surface area (Å²) in [6.45, 7) is 3.94. The lowest BCUT2D eigenvalue weighted by atomic mass is 10.0. The van der Waals surface area contributed by atoms with Gasteiger partial charge in [0.05, 0.1) is 79.8 Å². The lowest BCUT2D eigenvalue weighted by Crippen LogP contribution is -2.54. The van der Waals surface area contributed by atoms with Gasteiger partial charge >= 0.3 is 0 Å². The molecule has 70 heavy (non-hydrogen) atoms. The van der Waals surface area contributed by atoms with Gasteiger partial charge in [-0.3, -0.25) is 48.9 Å². The van der Waals surface area contributed by atoms with Crippen LogP contribution in [0.3, 0.4) is 0 Å². The highest BCUT2D eigenvalue weighted by Crippen LogP contribution is 2.36. The van der Waals surface area contributed by atoms with Crippen LogP contribution in [-0.2, 0) is 23.9 Å². The molecule has 0 saturated carbocycles. The summed E-state index contributed by atoms with van der Waals surface area (Å²) in [4.78, 5) is 94.9. The number of piperazine rings is 1. The van der Waals surface area contributed by atoms with Gasteiger partial charge in [0.25, 0.3) is 17.7 Å². The number of fused-ring (bicyclic) bond motifs is 1. The van der Waals surface area contributed by atoms with Crippen LogP contribution in [0.15, 0.2) is 85.3 Å². The fraction of sp³-hybridized carbons (Fsp3) is 0.306. The van der Waals surface area contributed by atoms with E-state index in [1.54, 1.807) is 48.8 Å². The van der Waals surface area contributed by atoms with Crippen LogP contribution in [-0.4, -0.2) is 146 Å². The van der Waals surface area contributed by atoms with E-state index in [0.717, 1.165) is 4.90 Å². The SMILES string of the molecule is COc1cccc(F)c1-c1nccc(C(=O)Nc2ccc(-c3cnccc3C#N)cc2N2CCN(CC(=O)NCCOCCOCCNc3cccc4c3C(=O)N(C3CCC(=O)NC3=O)C4=O)CC2)n1. The van der Waals surface area contributed by atoms with Gasteiger partial charge in [-0.05, 0) is 60.5 Å². The van der Waals surface area contributed by atoms with E-state index in [-0.39, 0.29) is 85.7 Å². The first kappa shape index (κ1) is 48.3. The summed E-state index contributed by atoms with van der Waals surface area (Å²) < 4.78 is 31.5. The number of amides is 6. The average Bonchev–Trinajstić information content (AvgIpc) is 3.63. The number of hydrogen-bond acceptors (Lipinski definition) is 16. The molecule has 3 aliphatic heterocycles. The molecule has 21 heteroatoms. The van der Waals surface area contributed by atoms with Crippen LogP contribution in [0.25, 0.3) is 22.5 Å². The Bertz CT molecular complexity index is 2870. The number of aromatic nitrogens is 3. The molecule has 2 saturated heterocycles. The van der Waals surface area contributed by atoms with E-state index < -0.39 is 41.4 Å². The fourth-order valence-electron chi connectivity index (χ4n) is 8.38. The van der Waals surface area contributed by atoms with Gasteiger partial charge in [-0.25, -0.2) is 14.4 Å². The van der Waals surface area contributed by atoms with Gasteiger partial charge in [-0.15, -0.1) is 0 Å². The number of imide groups is 2. The zero-order chi connectivity index (χ0) is 49.1. The van der Waals surface area contributed by atoms with E-state index in [4.69, 9.17) is 14.2 Å². The summed E-state index contributed by atoms with van der Waals surface area (Å²) >= 11 is 0. The molecule has 5 heterocycles. The number of methoxy groups -OCH3 is 1. The number of benzene rings is 3. The second-order valence-electron chi connectivity index (χ2n) is 16.2. The Morgan fingerprint density at radius 2 is 1.66 bits per heavy atom. The Balaban J connectivity index is 0.779. The maximum Gasteiger partial charge on any atom is 0.274 e. The molecule has 0 aliphatic carbocycles. The average molecular weight is 954 g/mol. The smallest absolute Gasteiger partial charge is 0.274 e. The largest absolute Gasteiger partial charge is 0.496 e. The quantitative estimate of drug-likeness (QED) is 0.0685. The Labute approximate surface area is 401 Å². The predicted octanol–water partition coefficient (Wildman–Crippen LogP) is 3.26. The van der Waals surface area contributed by atoms with Crippen molar-refractivity contribution in [2.45, 2.75) is 18.9 Å². The zero-order valence-electron chi connectivity index (χ0n) is 38.0. The maximum atomic E-state index is 14.9. The number of ether oxygens (including phenoxy) is 3. The van der Waals surface area contributed by atoms with Crippen LogP contribution in [0.4, 0.5) is 21.5 Å². The third kappa shape index (κ3) is 10.9. The van der Waals surface area contributed by atoms with Gasteiger partial charge in [0, 0.05) is 75.5 Å². The number of carbonyl (C=O) groups excluding carboxylic acids is 6. The van der Waals surface area contributed by atoms with Crippen molar-refractivity contribution in [3.05, 3.63) is 114 Å². The van der Waals surface area contributed by atoms with Crippen molar-refractivity contribution in [1.82, 2.24) is 35.4 Å². The summed E-state index contributed by atoms with van der Waals surface area (Å²) in [7, 11) is 1.40. The molecule has 6 amide bonds. The minimum absolute atomic E-state index is 0.000104. The minimum atomic E-state index is -1.05. The van der Waals surface area contributed by atoms with E-state index in [0.29, 0.717) is 73.0 Å². The summed E-state index contributed by atoms with van der Waals surface area (Å²) in [6, 6.07) is 18.8. The van der Waals surface area contributed by atoms with Gasteiger partial charge in [0.15, 0.2) is 5.82 Å². The first-order chi connectivity index (χ1) is 34.0. The molecule has 4 N–H and O–H groups in total. The number of nitriles is 1. The Morgan fingerprint density at radius 3 is 2.43 bits per heavy atom. The first-order valence-electron chi connectivity index (χ1n) is 22.5. The molecule has 8 rings (SSSR count). The van der Waals surface area contributed by atoms with Crippen molar-refractivity contribution < 1.29 is 47.4 Å². The van der Waals surface area contributed by atoms with Crippen LogP contribution in [0, 0.1) is 17.1 Å². The number of piperidine rings is 1. The van der Waals surface area contributed by atoms with Crippen molar-refractivity contribution in [3.8, 4) is 34.3 Å². The van der Waals surface area contributed by atoms with Gasteiger partial charge in [0.2, 0.25) is 17.7 Å². The molecule has 1 unspecified atom stereocenters. The molecule has 0 radical (unpaired) electrons. The van der Waals surface area contributed by atoms with E-state index in [1.165, 1.54) is 37.6 Å². The molecule has 1 atom stereocenters. The molecule has 2 aromatic heterocycles. The molecule has 3 aliphatic rings. The summed E-state index contributed by atoms with van der Waals surface area (Å²) in [5.74, 6) is -3.41. The van der Waals surface area contributed by atoms with E-state index in [9.17, 15) is 38.4 Å². The first-order valence-corrected chi connectivity index (χ1v) is 22.5. The van der Waals surface area contributed by atoms with Gasteiger partial charge in [-0.2, -0.15) is 5.26 Å². The van der Waals surface area contributed by atoms with E-state index >= 15 is 0 Å². The number of hydrogen-bond donors (Lipinski definition) is 4. The number of nitrogens with one attached hydrogen (secondary N) is 4. The third-order valence-corrected chi connectivity index (χ3v) is 11.9. The second-order valence-corrected chi connectivity index (χ2v) is 16.2. The van der Waals surface area contributed by atoms with Crippen molar-refractivity contribution >= 4 is 52.5 Å². The summed E-state index contributed by atoms with van der Waals surface area (Å²) in [5, 5.41) is 21.0. The van der Waals surface area contributed by atoms with Crippen molar-refractivity contribution in [2.75, 3.05) is 94.9 Å². The van der Waals surface area contributed by atoms with Gasteiger partial charge in [0.1, 0.15) is 23.3 Å². The number of nitrogens with zero attached hydrogens (tertiary/aromatic N) is 7. The molecular formula is C49H48FN11O9. The minimum Gasteiger partial charge on any atom is -0.496 e. The molecule has 0 bridgehead atoms. The van der Waals surface area contributed by atoms with E-state index in [1.807, 2.05) is 11.0 Å². The third-order valence-electron chi connectivity index (χ3n) is 11.9. The zero-order valence-corrected chi connectivity index (χ0v) is 38.0. The highest BCUT2D eigenvalue weighted by Gasteiger charge is 2.45. The van der Waals surface area contributed by atoms with Crippen LogP contribution in [0.5, 0.6) is 5.75 Å². The van der Waals surface area contributed by atoms with Crippen LogP contribution in [0.1, 0.15) is 49.6 Å². The molecular weight excluding hydrogens is 906 g/mol. The summed E-state index contributed by atoms with van der Waals surface area (Å²) in [5.41, 5.74) is 3.74. The fourth-order valence-corrected chi connectivity index (χ4v) is 8.38. The number of halogens is 1. The number of rotatable bonds is 19. The molecule has 0 spiro atoms. The lowest BCUT2D eigenvalue weighted by molar-refractivity contribution is -0.136.